The molecule has 0 bridgehead atoms. The molecular weight excluding hydrogens is 258 g/mol. The summed E-state index contributed by atoms with van der Waals surface area (Å²) in [5.74, 6) is -0.312. The molecule has 0 spiro atoms. The van der Waals surface area contributed by atoms with Crippen LogP contribution in [0.5, 0.6) is 0 Å². The van der Waals surface area contributed by atoms with Crippen molar-refractivity contribution < 1.29 is 4.79 Å². The highest BCUT2D eigenvalue weighted by Crippen LogP contribution is 2.03. The van der Waals surface area contributed by atoms with E-state index in [1.54, 1.807) is 17.1 Å². The minimum atomic E-state index is -0.421. The van der Waals surface area contributed by atoms with Crippen LogP contribution >= 0.6 is 11.6 Å². The number of halogens is 1. The smallest absolute Gasteiger partial charge is 0.266 e. The lowest BCUT2D eigenvalue weighted by atomic mass is 10.2. The van der Waals surface area contributed by atoms with Crippen molar-refractivity contribution in [2.75, 3.05) is 6.54 Å². The second-order valence-electron chi connectivity index (χ2n) is 3.49. The van der Waals surface area contributed by atoms with Crippen LogP contribution in [0, 0.1) is 0 Å². The fourth-order valence-corrected chi connectivity index (χ4v) is 1.50. The van der Waals surface area contributed by atoms with Crippen molar-refractivity contribution in [1.82, 2.24) is 25.3 Å². The van der Waals surface area contributed by atoms with Gasteiger partial charge in [-0.15, -0.1) is 5.10 Å². The van der Waals surface area contributed by atoms with E-state index in [0.717, 1.165) is 0 Å². The van der Waals surface area contributed by atoms with Gasteiger partial charge in [0.1, 0.15) is 5.02 Å². The Labute approximate surface area is 107 Å². The third-order valence-corrected chi connectivity index (χ3v) is 2.50. The number of aromatic amines is 1. The topological polar surface area (TPSA) is 92.7 Å². The second-order valence-corrected chi connectivity index (χ2v) is 3.89. The number of carbonyl (C=O) groups is 1. The molecule has 18 heavy (non-hydrogen) atoms. The molecule has 0 aliphatic rings. The van der Waals surface area contributed by atoms with Gasteiger partial charge in [0.15, 0.2) is 0 Å². The molecule has 0 fully saturated rings. The average Bonchev–Trinajstić information content (AvgIpc) is 2.85. The van der Waals surface area contributed by atoms with Crippen LogP contribution in [-0.2, 0) is 6.54 Å². The maximum absolute atomic E-state index is 11.7. The molecule has 8 heteroatoms. The SMILES string of the molecule is O=C(NCCn1ccnn1)c1c[nH]c(=O)c(Cl)c1. The molecule has 0 unspecified atom stereocenters. The standard InChI is InChI=1S/C10H10ClN5O2/c11-8-5-7(6-13-10(8)18)9(17)12-1-3-16-4-2-14-15-16/h2,4-6H,1,3H2,(H,12,17)(H,13,18). The normalized spacial score (nSPS) is 10.3. The van der Waals surface area contributed by atoms with E-state index in [0.29, 0.717) is 18.7 Å². The summed E-state index contributed by atoms with van der Waals surface area (Å²) in [6, 6.07) is 1.32. The number of pyridine rings is 1. The summed E-state index contributed by atoms with van der Waals surface area (Å²) in [5, 5.41) is 10.1. The van der Waals surface area contributed by atoms with Crippen molar-refractivity contribution in [3.8, 4) is 0 Å². The van der Waals surface area contributed by atoms with Crippen LogP contribution in [0.3, 0.4) is 0 Å². The minimum absolute atomic E-state index is 0.0149. The third-order valence-electron chi connectivity index (χ3n) is 2.22. The van der Waals surface area contributed by atoms with Crippen molar-refractivity contribution in [3.63, 3.8) is 0 Å². The van der Waals surface area contributed by atoms with Crippen molar-refractivity contribution >= 4 is 17.5 Å². The summed E-state index contributed by atoms with van der Waals surface area (Å²) in [7, 11) is 0. The van der Waals surface area contributed by atoms with Gasteiger partial charge < -0.3 is 10.3 Å². The monoisotopic (exact) mass is 267 g/mol. The highest BCUT2D eigenvalue weighted by atomic mass is 35.5. The number of carbonyl (C=O) groups excluding carboxylic acids is 1. The van der Waals surface area contributed by atoms with Gasteiger partial charge in [-0.1, -0.05) is 16.8 Å². The van der Waals surface area contributed by atoms with Gasteiger partial charge in [-0.25, -0.2) is 0 Å². The maximum atomic E-state index is 11.7. The fraction of sp³-hybridized carbons (Fsp3) is 0.200. The number of nitrogens with one attached hydrogen (secondary N) is 2. The van der Waals surface area contributed by atoms with Crippen LogP contribution in [0.15, 0.2) is 29.5 Å². The predicted molar refractivity (Wildman–Crippen MR) is 64.4 cm³/mol. The van der Waals surface area contributed by atoms with Gasteiger partial charge >= 0.3 is 0 Å². The summed E-state index contributed by atoms with van der Waals surface area (Å²) in [6.45, 7) is 0.918. The van der Waals surface area contributed by atoms with E-state index in [9.17, 15) is 9.59 Å². The Hall–Kier alpha value is -2.15. The summed E-state index contributed by atoms with van der Waals surface area (Å²) < 4.78 is 1.60. The molecule has 2 aromatic rings. The molecule has 0 saturated heterocycles. The Bertz CT molecular complexity index is 593. The lowest BCUT2D eigenvalue weighted by molar-refractivity contribution is 0.0951. The highest BCUT2D eigenvalue weighted by Gasteiger charge is 2.07. The van der Waals surface area contributed by atoms with E-state index in [1.807, 2.05) is 0 Å². The first-order valence-corrected chi connectivity index (χ1v) is 5.55. The molecule has 0 atom stereocenters. The van der Waals surface area contributed by atoms with Gasteiger partial charge in [0, 0.05) is 18.9 Å². The van der Waals surface area contributed by atoms with Crippen molar-refractivity contribution in [2.45, 2.75) is 6.54 Å². The second kappa shape index (κ2) is 5.46. The minimum Gasteiger partial charge on any atom is -0.350 e. The Morgan fingerprint density at radius 3 is 3.06 bits per heavy atom. The van der Waals surface area contributed by atoms with E-state index in [1.165, 1.54) is 12.3 Å². The fourth-order valence-electron chi connectivity index (χ4n) is 1.33. The Balaban J connectivity index is 1.91. The van der Waals surface area contributed by atoms with Crippen LogP contribution in [-0.4, -0.2) is 32.4 Å². The number of aromatic nitrogens is 4. The lowest BCUT2D eigenvalue weighted by Crippen LogP contribution is -2.28. The van der Waals surface area contributed by atoms with E-state index >= 15 is 0 Å². The summed E-state index contributed by atoms with van der Waals surface area (Å²) >= 11 is 5.63. The van der Waals surface area contributed by atoms with Crippen molar-refractivity contribution in [1.29, 1.82) is 0 Å². The molecule has 0 aromatic carbocycles. The molecule has 2 aromatic heterocycles. The molecule has 2 N–H and O–H groups in total. The molecular formula is C10H10ClN5O2. The van der Waals surface area contributed by atoms with Crippen LogP contribution in [0.25, 0.3) is 0 Å². The van der Waals surface area contributed by atoms with E-state index in [-0.39, 0.29) is 10.9 Å². The molecule has 7 nitrogen and oxygen atoms in total. The molecule has 0 radical (unpaired) electrons. The van der Waals surface area contributed by atoms with Crippen LogP contribution < -0.4 is 10.9 Å². The first-order valence-electron chi connectivity index (χ1n) is 5.17. The van der Waals surface area contributed by atoms with Gasteiger partial charge in [0.05, 0.1) is 18.3 Å². The quantitative estimate of drug-likeness (QED) is 0.819. The van der Waals surface area contributed by atoms with Crippen LogP contribution in [0.1, 0.15) is 10.4 Å². The van der Waals surface area contributed by atoms with E-state index in [2.05, 4.69) is 20.6 Å². The molecule has 2 rings (SSSR count). The molecule has 2 heterocycles. The van der Waals surface area contributed by atoms with Gasteiger partial charge in [-0.05, 0) is 6.07 Å². The summed E-state index contributed by atoms with van der Waals surface area (Å²) in [5.41, 5.74) is -0.117. The Kier molecular flexibility index (Phi) is 3.73. The van der Waals surface area contributed by atoms with Crippen molar-refractivity contribution in [3.05, 3.63) is 45.6 Å². The first kappa shape index (κ1) is 12.3. The molecule has 0 aliphatic heterocycles. The first-order chi connectivity index (χ1) is 8.66. The summed E-state index contributed by atoms with van der Waals surface area (Å²) in [4.78, 5) is 25.1. The summed E-state index contributed by atoms with van der Waals surface area (Å²) in [6.07, 6.45) is 4.57. The molecule has 0 saturated carbocycles. The van der Waals surface area contributed by atoms with Crippen molar-refractivity contribution in [2.24, 2.45) is 0 Å². The van der Waals surface area contributed by atoms with Gasteiger partial charge in [-0.2, -0.15) is 0 Å². The van der Waals surface area contributed by atoms with E-state index < -0.39 is 5.56 Å². The number of hydrogen-bond donors (Lipinski definition) is 2. The predicted octanol–water partition coefficient (Wildman–Crippen LogP) is 0.0498. The van der Waals surface area contributed by atoms with Gasteiger partial charge in [-0.3, -0.25) is 14.3 Å². The van der Waals surface area contributed by atoms with Crippen LogP contribution in [0.2, 0.25) is 5.02 Å². The third kappa shape index (κ3) is 2.95. The molecule has 1 amide bonds. The number of H-pyrrole nitrogens is 1. The lowest BCUT2D eigenvalue weighted by Gasteiger charge is -2.04. The number of nitrogens with zero attached hydrogens (tertiary/aromatic N) is 3. The number of rotatable bonds is 4. The maximum Gasteiger partial charge on any atom is 0.266 e. The number of hydrogen-bond acceptors (Lipinski definition) is 4. The zero-order valence-electron chi connectivity index (χ0n) is 9.26. The average molecular weight is 268 g/mol. The zero-order chi connectivity index (χ0) is 13.0. The Morgan fingerprint density at radius 2 is 2.39 bits per heavy atom. The Morgan fingerprint density at radius 1 is 1.56 bits per heavy atom. The highest BCUT2D eigenvalue weighted by molar-refractivity contribution is 6.30. The zero-order valence-corrected chi connectivity index (χ0v) is 10.0. The molecule has 94 valence electrons. The van der Waals surface area contributed by atoms with E-state index in [4.69, 9.17) is 11.6 Å². The van der Waals surface area contributed by atoms with Crippen LogP contribution in [0.4, 0.5) is 0 Å². The van der Waals surface area contributed by atoms with Gasteiger partial charge in [0.25, 0.3) is 11.5 Å². The number of amides is 1. The largest absolute Gasteiger partial charge is 0.350 e. The molecule has 0 aliphatic carbocycles. The van der Waals surface area contributed by atoms with Gasteiger partial charge in [0.2, 0.25) is 0 Å².